The number of hydrogen-bond acceptors (Lipinski definition) is 5. The van der Waals surface area contributed by atoms with Crippen molar-refractivity contribution in [2.24, 2.45) is 0 Å². The molecule has 2 heterocycles. The summed E-state index contributed by atoms with van der Waals surface area (Å²) in [7, 11) is 1.73. The number of anilines is 1. The second-order valence-electron chi connectivity index (χ2n) is 4.77. The van der Waals surface area contributed by atoms with E-state index in [4.69, 9.17) is 0 Å². The minimum atomic E-state index is -4.44. The van der Waals surface area contributed by atoms with E-state index < -0.39 is 18.7 Å². The third-order valence-electron chi connectivity index (χ3n) is 2.92. The molecule has 0 aliphatic heterocycles. The summed E-state index contributed by atoms with van der Waals surface area (Å²) in [6.45, 7) is -1.15. The standard InChI is InChI=1S/C15H15F3N4O2/c1-19-12-6-10(4-5-20-12)7-22-14(23)11-2-3-13(21-8-11)24-9-15(16,17)18/h2-6,8H,7,9H2,1H3,(H,19,20)(H,22,23). The Morgan fingerprint density at radius 3 is 2.67 bits per heavy atom. The van der Waals surface area contributed by atoms with Crippen LogP contribution >= 0.6 is 0 Å². The van der Waals surface area contributed by atoms with Crippen molar-refractivity contribution in [1.29, 1.82) is 0 Å². The zero-order valence-electron chi connectivity index (χ0n) is 12.7. The van der Waals surface area contributed by atoms with E-state index in [1.807, 2.05) is 0 Å². The zero-order chi connectivity index (χ0) is 17.6. The molecule has 0 aromatic carbocycles. The van der Waals surface area contributed by atoms with Crippen molar-refractivity contribution in [2.45, 2.75) is 12.7 Å². The predicted octanol–water partition coefficient (Wildman–Crippen LogP) is 2.39. The van der Waals surface area contributed by atoms with E-state index in [1.54, 1.807) is 25.4 Å². The van der Waals surface area contributed by atoms with Gasteiger partial charge >= 0.3 is 6.18 Å². The van der Waals surface area contributed by atoms with Gasteiger partial charge in [0.2, 0.25) is 5.88 Å². The van der Waals surface area contributed by atoms with Gasteiger partial charge in [0.25, 0.3) is 5.91 Å². The predicted molar refractivity (Wildman–Crippen MR) is 80.7 cm³/mol. The number of ether oxygens (including phenoxy) is 1. The summed E-state index contributed by atoms with van der Waals surface area (Å²) in [5.41, 5.74) is 1.07. The van der Waals surface area contributed by atoms with Crippen LogP contribution in [0.1, 0.15) is 15.9 Å². The smallest absolute Gasteiger partial charge is 0.422 e. The van der Waals surface area contributed by atoms with Gasteiger partial charge in [0.05, 0.1) is 5.56 Å². The van der Waals surface area contributed by atoms with E-state index in [0.717, 1.165) is 11.8 Å². The molecule has 0 aliphatic rings. The van der Waals surface area contributed by atoms with Gasteiger partial charge in [0.1, 0.15) is 5.82 Å². The lowest BCUT2D eigenvalue weighted by molar-refractivity contribution is -0.154. The van der Waals surface area contributed by atoms with E-state index >= 15 is 0 Å². The molecule has 2 aromatic rings. The van der Waals surface area contributed by atoms with Crippen LogP contribution in [0.4, 0.5) is 19.0 Å². The first-order valence-corrected chi connectivity index (χ1v) is 6.94. The highest BCUT2D eigenvalue weighted by atomic mass is 19.4. The summed E-state index contributed by atoms with van der Waals surface area (Å²) in [5, 5.41) is 5.57. The quantitative estimate of drug-likeness (QED) is 0.844. The van der Waals surface area contributed by atoms with Gasteiger partial charge < -0.3 is 15.4 Å². The number of amides is 1. The number of aromatic nitrogens is 2. The summed E-state index contributed by atoms with van der Waals surface area (Å²) >= 11 is 0. The number of hydrogen-bond donors (Lipinski definition) is 2. The van der Waals surface area contributed by atoms with Gasteiger partial charge in [0.15, 0.2) is 6.61 Å². The van der Waals surface area contributed by atoms with Crippen LogP contribution in [-0.4, -0.2) is 35.7 Å². The highest BCUT2D eigenvalue weighted by Crippen LogP contribution is 2.17. The highest BCUT2D eigenvalue weighted by molar-refractivity contribution is 5.93. The number of halogens is 3. The Kier molecular flexibility index (Phi) is 5.56. The number of carbonyl (C=O) groups excluding carboxylic acids is 1. The fourth-order valence-electron chi connectivity index (χ4n) is 1.76. The van der Waals surface area contributed by atoms with Crippen LogP contribution in [-0.2, 0) is 6.54 Å². The topological polar surface area (TPSA) is 76.1 Å². The summed E-state index contributed by atoms with van der Waals surface area (Å²) in [4.78, 5) is 19.7. The second-order valence-corrected chi connectivity index (χ2v) is 4.77. The van der Waals surface area contributed by atoms with Crippen LogP contribution in [0, 0.1) is 0 Å². The summed E-state index contributed by atoms with van der Waals surface area (Å²) in [5.74, 6) is 0.0824. The maximum atomic E-state index is 12.0. The molecule has 24 heavy (non-hydrogen) atoms. The molecule has 0 unspecified atom stereocenters. The van der Waals surface area contributed by atoms with Gasteiger partial charge in [-0.3, -0.25) is 4.79 Å². The van der Waals surface area contributed by atoms with Gasteiger partial charge in [-0.25, -0.2) is 9.97 Å². The third kappa shape index (κ3) is 5.41. The van der Waals surface area contributed by atoms with Gasteiger partial charge in [-0.2, -0.15) is 13.2 Å². The Balaban J connectivity index is 1.90. The van der Waals surface area contributed by atoms with Gasteiger partial charge in [0, 0.05) is 32.1 Å². The van der Waals surface area contributed by atoms with Crippen LogP contribution in [0.15, 0.2) is 36.7 Å². The van der Waals surface area contributed by atoms with Crippen molar-refractivity contribution in [3.8, 4) is 5.88 Å². The number of carbonyl (C=O) groups is 1. The van der Waals surface area contributed by atoms with Crippen LogP contribution in [0.3, 0.4) is 0 Å². The minimum absolute atomic E-state index is 0.198. The van der Waals surface area contributed by atoms with E-state index in [1.165, 1.54) is 12.1 Å². The van der Waals surface area contributed by atoms with Gasteiger partial charge in [-0.15, -0.1) is 0 Å². The normalized spacial score (nSPS) is 11.0. The number of alkyl halides is 3. The molecule has 0 saturated carbocycles. The fourth-order valence-corrected chi connectivity index (χ4v) is 1.76. The summed E-state index contributed by atoms with van der Waals surface area (Å²) in [6, 6.07) is 6.10. The average Bonchev–Trinajstić information content (AvgIpc) is 2.58. The summed E-state index contributed by atoms with van der Waals surface area (Å²) in [6.07, 6.45) is -1.66. The molecular weight excluding hydrogens is 325 g/mol. The molecule has 2 N–H and O–H groups in total. The van der Waals surface area contributed by atoms with Crippen molar-refractivity contribution < 1.29 is 22.7 Å². The monoisotopic (exact) mass is 340 g/mol. The number of nitrogens with zero attached hydrogens (tertiary/aromatic N) is 2. The molecule has 0 spiro atoms. The van der Waals surface area contributed by atoms with Crippen molar-refractivity contribution >= 4 is 11.7 Å². The lowest BCUT2D eigenvalue weighted by Crippen LogP contribution is -2.23. The lowest BCUT2D eigenvalue weighted by Gasteiger charge is -2.09. The second kappa shape index (κ2) is 7.62. The number of rotatable bonds is 6. The fraction of sp³-hybridized carbons (Fsp3) is 0.267. The van der Waals surface area contributed by atoms with Crippen LogP contribution in [0.2, 0.25) is 0 Å². The Labute approximate surface area is 136 Å². The molecular formula is C15H15F3N4O2. The van der Waals surface area contributed by atoms with Crippen LogP contribution < -0.4 is 15.4 Å². The zero-order valence-corrected chi connectivity index (χ0v) is 12.7. The molecule has 0 bridgehead atoms. The molecule has 0 saturated heterocycles. The van der Waals surface area contributed by atoms with Gasteiger partial charge in [-0.05, 0) is 23.8 Å². The molecule has 0 aliphatic carbocycles. The van der Waals surface area contributed by atoms with E-state index in [-0.39, 0.29) is 18.0 Å². The van der Waals surface area contributed by atoms with Crippen LogP contribution in [0.5, 0.6) is 5.88 Å². The first kappa shape index (κ1) is 17.5. The Morgan fingerprint density at radius 2 is 2.04 bits per heavy atom. The molecule has 0 fully saturated rings. The molecule has 0 radical (unpaired) electrons. The molecule has 9 heteroatoms. The molecule has 2 rings (SSSR count). The van der Waals surface area contributed by atoms with E-state index in [0.29, 0.717) is 5.82 Å². The Hall–Kier alpha value is -2.84. The summed E-state index contributed by atoms with van der Waals surface area (Å²) < 4.78 is 40.6. The van der Waals surface area contributed by atoms with Crippen molar-refractivity contribution in [1.82, 2.24) is 15.3 Å². The van der Waals surface area contributed by atoms with E-state index in [2.05, 4.69) is 25.3 Å². The molecule has 1 amide bonds. The molecule has 2 aromatic heterocycles. The van der Waals surface area contributed by atoms with Crippen molar-refractivity contribution in [2.75, 3.05) is 19.0 Å². The first-order chi connectivity index (χ1) is 11.4. The van der Waals surface area contributed by atoms with Crippen LogP contribution in [0.25, 0.3) is 0 Å². The first-order valence-electron chi connectivity index (χ1n) is 6.94. The number of nitrogens with one attached hydrogen (secondary N) is 2. The number of pyridine rings is 2. The Morgan fingerprint density at radius 1 is 1.25 bits per heavy atom. The highest BCUT2D eigenvalue weighted by Gasteiger charge is 2.28. The van der Waals surface area contributed by atoms with Gasteiger partial charge in [-0.1, -0.05) is 0 Å². The maximum absolute atomic E-state index is 12.0. The Bertz CT molecular complexity index is 690. The van der Waals surface area contributed by atoms with E-state index in [9.17, 15) is 18.0 Å². The molecule has 128 valence electrons. The molecule has 6 nitrogen and oxygen atoms in total. The molecule has 0 atom stereocenters. The average molecular weight is 340 g/mol. The third-order valence-corrected chi connectivity index (χ3v) is 2.92. The SMILES string of the molecule is CNc1cc(CNC(=O)c2ccc(OCC(F)(F)F)nc2)ccn1. The van der Waals surface area contributed by atoms with Crippen molar-refractivity contribution in [3.05, 3.63) is 47.8 Å². The maximum Gasteiger partial charge on any atom is 0.422 e. The largest absolute Gasteiger partial charge is 0.468 e. The lowest BCUT2D eigenvalue weighted by atomic mass is 10.2. The van der Waals surface area contributed by atoms with Crippen molar-refractivity contribution in [3.63, 3.8) is 0 Å². The minimum Gasteiger partial charge on any atom is -0.468 e.